The minimum absolute atomic E-state index is 0.582. The number of fused-ring (bicyclic) bond motifs is 1. The Morgan fingerprint density at radius 1 is 1.00 bits per heavy atom. The second-order valence-corrected chi connectivity index (χ2v) is 8.43. The average Bonchev–Trinajstić information content (AvgIpc) is 2.81. The molecule has 1 aromatic heterocycles. The van der Waals surface area contributed by atoms with Gasteiger partial charge in [-0.25, -0.2) is 0 Å². The number of halogens is 3. The van der Waals surface area contributed by atoms with E-state index in [1.165, 1.54) is 28.5 Å². The van der Waals surface area contributed by atoms with Crippen LogP contribution in [0.25, 0.3) is 16.3 Å². The molecule has 1 aliphatic rings. The molecule has 2 aromatic carbocycles. The van der Waals surface area contributed by atoms with Gasteiger partial charge in [-0.2, -0.15) is 13.2 Å². The highest BCUT2D eigenvalue weighted by Gasteiger charge is 2.30. The molecular weight excluding hydrogens is 409 g/mol. The third kappa shape index (κ3) is 5.04. The molecule has 0 amide bonds. The zero-order valence-corrected chi connectivity index (χ0v) is 18.7. The van der Waals surface area contributed by atoms with Crippen molar-refractivity contribution in [3.63, 3.8) is 0 Å². The molecule has 0 atom stereocenters. The Balaban J connectivity index is 1.42. The fourth-order valence-electron chi connectivity index (χ4n) is 4.39. The number of hydrogen-bond acceptors (Lipinski definition) is 2. The Hall–Kier alpha value is -2.66. The van der Waals surface area contributed by atoms with Gasteiger partial charge in [-0.05, 0) is 72.0 Å². The Kier molecular flexibility index (Phi) is 6.66. The molecule has 0 saturated carbocycles. The van der Waals surface area contributed by atoms with Crippen molar-refractivity contribution in [2.45, 2.75) is 45.7 Å². The normalized spacial score (nSPS) is 15.2. The lowest BCUT2D eigenvalue weighted by molar-refractivity contribution is -0.137. The smallest absolute Gasteiger partial charge is 0.299 e. The maximum Gasteiger partial charge on any atom is 0.416 e. The van der Waals surface area contributed by atoms with Gasteiger partial charge in [-0.1, -0.05) is 44.2 Å². The summed E-state index contributed by atoms with van der Waals surface area (Å²) in [5.74, 6) is 0. The summed E-state index contributed by atoms with van der Waals surface area (Å²) < 4.78 is 39.0. The fourth-order valence-corrected chi connectivity index (χ4v) is 4.39. The van der Waals surface area contributed by atoms with Gasteiger partial charge in [-0.15, -0.1) is 0 Å². The number of nitrogens with zero attached hydrogens (tertiary/aromatic N) is 2. The summed E-state index contributed by atoms with van der Waals surface area (Å²) in [5.41, 5.74) is 4.70. The van der Waals surface area contributed by atoms with E-state index in [1.54, 1.807) is 6.07 Å². The topological polar surface area (TPSA) is 16.1 Å². The molecule has 5 heteroatoms. The van der Waals surface area contributed by atoms with E-state index in [2.05, 4.69) is 49.1 Å². The number of aryl methyl sites for hydroxylation is 2. The van der Waals surface area contributed by atoms with Gasteiger partial charge >= 0.3 is 6.18 Å². The lowest BCUT2D eigenvalue weighted by Crippen LogP contribution is -2.30. The van der Waals surface area contributed by atoms with Crippen LogP contribution in [0.2, 0.25) is 0 Å². The average molecular weight is 439 g/mol. The highest BCUT2D eigenvalue weighted by molar-refractivity contribution is 5.85. The van der Waals surface area contributed by atoms with Gasteiger partial charge in [0.15, 0.2) is 0 Å². The Morgan fingerprint density at radius 2 is 1.84 bits per heavy atom. The second kappa shape index (κ2) is 9.45. The van der Waals surface area contributed by atoms with Crippen LogP contribution in [-0.2, 0) is 25.4 Å². The predicted octanol–water partition coefficient (Wildman–Crippen LogP) is 6.71. The highest BCUT2D eigenvalue weighted by Crippen LogP contribution is 2.32. The summed E-state index contributed by atoms with van der Waals surface area (Å²) in [4.78, 5) is 7.16. The molecule has 168 valence electrons. The minimum Gasteiger partial charge on any atom is -0.299 e. The molecule has 0 fully saturated rings. The van der Waals surface area contributed by atoms with Crippen LogP contribution >= 0.6 is 0 Å². The first kappa shape index (κ1) is 22.5. The molecule has 4 rings (SSSR count). The van der Waals surface area contributed by atoms with Gasteiger partial charge in [0, 0.05) is 36.4 Å². The third-order valence-corrected chi connectivity index (χ3v) is 6.30. The van der Waals surface area contributed by atoms with Gasteiger partial charge in [0.25, 0.3) is 0 Å². The van der Waals surface area contributed by atoms with Crippen molar-refractivity contribution in [1.29, 1.82) is 0 Å². The molecule has 0 N–H and O–H groups in total. The van der Waals surface area contributed by atoms with Crippen LogP contribution in [0.4, 0.5) is 13.2 Å². The number of rotatable bonds is 6. The molecule has 0 bridgehead atoms. The van der Waals surface area contributed by atoms with Gasteiger partial charge < -0.3 is 0 Å². The maximum atomic E-state index is 13.0. The summed E-state index contributed by atoms with van der Waals surface area (Å²) in [5, 5.41) is 2.50. The fraction of sp³-hybridized carbons (Fsp3) is 0.370. The van der Waals surface area contributed by atoms with E-state index < -0.39 is 11.7 Å². The second-order valence-electron chi connectivity index (χ2n) is 8.43. The van der Waals surface area contributed by atoms with E-state index in [9.17, 15) is 13.2 Å². The molecule has 0 unspecified atom stereocenters. The van der Waals surface area contributed by atoms with Crippen molar-refractivity contribution in [3.05, 3.63) is 82.7 Å². The standard InChI is InChI=1S/C27H29F3N2/c1-3-24-18-22-9-8-19(16-25(22)26(4-2)31-24)10-13-32-14-11-20(12-15-32)21-6-5-7-23(17-21)27(28,29)30/h5-9,11,16-18H,3-4,10,12-15H2,1-2H3. The number of alkyl halides is 3. The largest absolute Gasteiger partial charge is 0.416 e. The molecule has 3 aromatic rings. The minimum atomic E-state index is -4.30. The van der Waals surface area contributed by atoms with Crippen molar-refractivity contribution < 1.29 is 13.2 Å². The van der Waals surface area contributed by atoms with Crippen LogP contribution in [0.1, 0.15) is 48.3 Å². The van der Waals surface area contributed by atoms with E-state index in [4.69, 9.17) is 4.98 Å². The van der Waals surface area contributed by atoms with E-state index in [0.29, 0.717) is 5.56 Å². The molecule has 0 aliphatic carbocycles. The SMILES string of the molecule is CCc1cc2ccc(CCN3CC=C(c4cccc(C(F)(F)F)c4)CC3)cc2c(CC)n1. The van der Waals surface area contributed by atoms with Crippen molar-refractivity contribution in [3.8, 4) is 0 Å². The number of hydrogen-bond donors (Lipinski definition) is 0. The summed E-state index contributed by atoms with van der Waals surface area (Å²) in [7, 11) is 0. The number of pyridine rings is 1. The molecular formula is C27H29F3N2. The third-order valence-electron chi connectivity index (χ3n) is 6.30. The zero-order valence-electron chi connectivity index (χ0n) is 18.7. The van der Waals surface area contributed by atoms with Crippen LogP contribution in [0.3, 0.4) is 0 Å². The molecule has 1 aliphatic heterocycles. The van der Waals surface area contributed by atoms with Crippen LogP contribution in [0.15, 0.2) is 54.6 Å². The van der Waals surface area contributed by atoms with Crippen LogP contribution in [0.5, 0.6) is 0 Å². The van der Waals surface area contributed by atoms with Crippen molar-refractivity contribution >= 4 is 16.3 Å². The predicted molar refractivity (Wildman–Crippen MR) is 125 cm³/mol. The molecule has 2 heterocycles. The van der Waals surface area contributed by atoms with Crippen LogP contribution in [-0.4, -0.2) is 29.5 Å². The molecule has 32 heavy (non-hydrogen) atoms. The zero-order chi connectivity index (χ0) is 22.7. The highest BCUT2D eigenvalue weighted by atomic mass is 19.4. The molecule has 0 spiro atoms. The number of benzene rings is 2. The summed E-state index contributed by atoms with van der Waals surface area (Å²) >= 11 is 0. The molecule has 0 radical (unpaired) electrons. The summed E-state index contributed by atoms with van der Waals surface area (Å²) in [6.07, 6.45) is 1.34. The van der Waals surface area contributed by atoms with E-state index in [0.717, 1.165) is 68.3 Å². The van der Waals surface area contributed by atoms with Crippen LogP contribution < -0.4 is 0 Å². The van der Waals surface area contributed by atoms with E-state index >= 15 is 0 Å². The lowest BCUT2D eigenvalue weighted by Gasteiger charge is -2.26. The van der Waals surface area contributed by atoms with E-state index in [-0.39, 0.29) is 0 Å². The van der Waals surface area contributed by atoms with E-state index in [1.807, 2.05) is 0 Å². The monoisotopic (exact) mass is 438 g/mol. The van der Waals surface area contributed by atoms with Crippen molar-refractivity contribution in [2.75, 3.05) is 19.6 Å². The Labute approximate surface area is 187 Å². The first-order chi connectivity index (χ1) is 15.4. The Bertz CT molecular complexity index is 1130. The summed E-state index contributed by atoms with van der Waals surface area (Å²) in [6.45, 7) is 6.83. The molecule has 2 nitrogen and oxygen atoms in total. The van der Waals surface area contributed by atoms with Gasteiger partial charge in [0.1, 0.15) is 0 Å². The summed E-state index contributed by atoms with van der Waals surface area (Å²) in [6, 6.07) is 14.5. The number of aromatic nitrogens is 1. The first-order valence-electron chi connectivity index (χ1n) is 11.4. The Morgan fingerprint density at radius 3 is 2.53 bits per heavy atom. The molecule has 0 saturated heterocycles. The van der Waals surface area contributed by atoms with Crippen LogP contribution in [0, 0.1) is 0 Å². The van der Waals surface area contributed by atoms with Gasteiger partial charge in [-0.3, -0.25) is 9.88 Å². The van der Waals surface area contributed by atoms with Gasteiger partial charge in [0.2, 0.25) is 0 Å². The lowest BCUT2D eigenvalue weighted by atomic mass is 9.97. The van der Waals surface area contributed by atoms with Gasteiger partial charge in [0.05, 0.1) is 5.56 Å². The van der Waals surface area contributed by atoms with Crippen molar-refractivity contribution in [2.24, 2.45) is 0 Å². The van der Waals surface area contributed by atoms with Crippen molar-refractivity contribution in [1.82, 2.24) is 9.88 Å². The first-order valence-corrected chi connectivity index (χ1v) is 11.4. The quantitative estimate of drug-likeness (QED) is 0.425. The maximum absolute atomic E-state index is 13.0.